The molecule has 10 heteroatoms. The Hall–Kier alpha value is -3.07. The number of ketones is 2. The van der Waals surface area contributed by atoms with Crippen molar-refractivity contribution < 1.29 is 28.0 Å². The summed E-state index contributed by atoms with van der Waals surface area (Å²) in [6, 6.07) is 5.01. The number of benzene rings is 1. The molecule has 1 aliphatic heterocycles. The van der Waals surface area contributed by atoms with Gasteiger partial charge in [-0.25, -0.2) is 8.78 Å². The largest absolute Gasteiger partial charge is 0.337 e. The summed E-state index contributed by atoms with van der Waals surface area (Å²) in [6.07, 6.45) is -0.573. The Kier molecular flexibility index (Phi) is 6.58. The number of nitrogens with zero attached hydrogens (tertiary/aromatic N) is 1. The van der Waals surface area contributed by atoms with E-state index >= 15 is 0 Å². The molecule has 36 heavy (non-hydrogen) atoms. The monoisotopic (exact) mass is 519 g/mol. The summed E-state index contributed by atoms with van der Waals surface area (Å²) in [7, 11) is 0. The van der Waals surface area contributed by atoms with Crippen LogP contribution in [0.5, 0.6) is 0 Å². The van der Waals surface area contributed by atoms with E-state index in [0.717, 1.165) is 5.56 Å². The zero-order valence-corrected chi connectivity index (χ0v) is 21.3. The molecule has 1 atom stereocenters. The highest BCUT2D eigenvalue weighted by Crippen LogP contribution is 2.46. The van der Waals surface area contributed by atoms with Gasteiger partial charge in [0.1, 0.15) is 11.2 Å². The molecule has 1 aromatic carbocycles. The van der Waals surface area contributed by atoms with Crippen molar-refractivity contribution in [2.45, 2.75) is 77.3 Å². The lowest BCUT2D eigenvalue weighted by atomic mass is 9.69. The van der Waals surface area contributed by atoms with E-state index in [1.54, 1.807) is 29.7 Å². The Morgan fingerprint density at radius 1 is 1.17 bits per heavy atom. The summed E-state index contributed by atoms with van der Waals surface area (Å²) in [5.41, 5.74) is 0.772. The lowest BCUT2D eigenvalue weighted by Gasteiger charge is -2.46. The third-order valence-corrected chi connectivity index (χ3v) is 7.60. The molecule has 0 saturated heterocycles. The van der Waals surface area contributed by atoms with E-state index in [1.165, 1.54) is 6.92 Å². The van der Waals surface area contributed by atoms with Crippen LogP contribution >= 0.6 is 11.6 Å². The zero-order valence-electron chi connectivity index (χ0n) is 20.6. The van der Waals surface area contributed by atoms with Gasteiger partial charge in [0.25, 0.3) is 23.5 Å². The molecule has 2 N–H and O–H groups in total. The van der Waals surface area contributed by atoms with E-state index in [4.69, 9.17) is 11.6 Å². The molecule has 1 aromatic heterocycles. The number of Topliss-reactive ketones (excluding diaryl/α,β-unsaturated/α-hetero) is 2. The molecule has 192 valence electrons. The molecular weight excluding hydrogens is 492 g/mol. The van der Waals surface area contributed by atoms with Crippen molar-refractivity contribution in [2.24, 2.45) is 0 Å². The number of carbonyl (C=O) groups excluding carboxylic acids is 4. The number of alkyl halides is 2. The summed E-state index contributed by atoms with van der Waals surface area (Å²) in [5.74, 6) is -6.15. The Morgan fingerprint density at radius 2 is 1.83 bits per heavy atom. The molecule has 1 aliphatic carbocycles. The summed E-state index contributed by atoms with van der Waals surface area (Å²) in [4.78, 5) is 52.0. The topological polar surface area (TPSA) is 97.3 Å². The normalized spacial score (nSPS) is 19.2. The van der Waals surface area contributed by atoms with Gasteiger partial charge in [0.2, 0.25) is 0 Å². The minimum absolute atomic E-state index is 0.0456. The summed E-state index contributed by atoms with van der Waals surface area (Å²) in [5, 5.41) is 5.60. The first-order chi connectivity index (χ1) is 16.8. The lowest BCUT2D eigenvalue weighted by molar-refractivity contribution is -0.163. The Bertz CT molecular complexity index is 1290. The fourth-order valence-electron chi connectivity index (χ4n) is 5.33. The second-order valence-corrected chi connectivity index (χ2v) is 10.2. The molecule has 4 rings (SSSR count). The molecule has 0 unspecified atom stereocenters. The molecule has 0 radical (unpaired) electrons. The van der Waals surface area contributed by atoms with E-state index in [1.807, 2.05) is 13.8 Å². The van der Waals surface area contributed by atoms with E-state index in [-0.39, 0.29) is 23.7 Å². The fourth-order valence-corrected chi connectivity index (χ4v) is 5.51. The predicted molar refractivity (Wildman–Crippen MR) is 131 cm³/mol. The fraction of sp³-hybridized carbons (Fsp3) is 0.462. The number of nitrogens with one attached hydrogen (secondary N) is 2. The van der Waals surface area contributed by atoms with Crippen molar-refractivity contribution in [3.05, 3.63) is 51.3 Å². The van der Waals surface area contributed by atoms with Crippen LogP contribution in [0, 0.1) is 13.8 Å². The highest BCUT2D eigenvalue weighted by Gasteiger charge is 2.61. The summed E-state index contributed by atoms with van der Waals surface area (Å²) < 4.78 is 29.1. The number of fused-ring (bicyclic) bond motifs is 1. The molecule has 0 bridgehead atoms. The van der Waals surface area contributed by atoms with Crippen molar-refractivity contribution in [1.29, 1.82) is 0 Å². The van der Waals surface area contributed by atoms with Gasteiger partial charge in [0.15, 0.2) is 5.78 Å². The quantitative estimate of drug-likeness (QED) is 0.399. The van der Waals surface area contributed by atoms with Gasteiger partial charge in [-0.15, -0.1) is 0 Å². The molecule has 1 fully saturated rings. The first kappa shape index (κ1) is 26.0. The van der Waals surface area contributed by atoms with Crippen LogP contribution in [0.15, 0.2) is 18.2 Å². The molecule has 1 saturated carbocycles. The van der Waals surface area contributed by atoms with Gasteiger partial charge in [-0.3, -0.25) is 19.2 Å². The maximum absolute atomic E-state index is 13.7. The van der Waals surface area contributed by atoms with Gasteiger partial charge in [0, 0.05) is 41.7 Å². The predicted octanol–water partition coefficient (Wildman–Crippen LogP) is 4.96. The highest BCUT2D eigenvalue weighted by molar-refractivity contribution is 6.44. The van der Waals surface area contributed by atoms with Crippen molar-refractivity contribution in [2.75, 3.05) is 5.32 Å². The molecule has 7 nitrogen and oxygen atoms in total. The van der Waals surface area contributed by atoms with Crippen LogP contribution in [0.2, 0.25) is 5.02 Å². The van der Waals surface area contributed by atoms with Crippen molar-refractivity contribution in [3.8, 4) is 0 Å². The van der Waals surface area contributed by atoms with Gasteiger partial charge in [-0.1, -0.05) is 24.6 Å². The Balaban J connectivity index is 1.66. The Morgan fingerprint density at radius 3 is 2.42 bits per heavy atom. The van der Waals surface area contributed by atoms with Gasteiger partial charge in [0.05, 0.1) is 5.56 Å². The number of halogens is 3. The number of anilines is 1. The highest BCUT2D eigenvalue weighted by atomic mass is 35.5. The average Bonchev–Trinajstić information content (AvgIpc) is 3.29. The van der Waals surface area contributed by atoms with E-state index in [9.17, 15) is 28.0 Å². The lowest BCUT2D eigenvalue weighted by Crippen LogP contribution is -2.67. The minimum atomic E-state index is -3.08. The van der Waals surface area contributed by atoms with Crippen LogP contribution in [0.3, 0.4) is 0 Å². The second-order valence-electron chi connectivity index (χ2n) is 9.82. The van der Waals surface area contributed by atoms with E-state index in [0.29, 0.717) is 34.8 Å². The molecule has 2 aromatic rings. The number of amides is 2. The molecule has 2 aliphatic rings. The van der Waals surface area contributed by atoms with Crippen LogP contribution < -0.4 is 10.6 Å². The molecule has 0 spiro atoms. The van der Waals surface area contributed by atoms with Crippen LogP contribution in [0.1, 0.15) is 83.2 Å². The molecular formula is C26H28ClF2N3O4. The molecule has 2 heterocycles. The number of hydrogen-bond acceptors (Lipinski definition) is 4. The number of hydrogen-bond donors (Lipinski definition) is 2. The van der Waals surface area contributed by atoms with Crippen molar-refractivity contribution >= 4 is 40.7 Å². The van der Waals surface area contributed by atoms with Gasteiger partial charge in [-0.2, -0.15) is 0 Å². The standard InChI is InChI=1S/C26H28ClF2N3O4/c1-5-19(33)25(11-26(28,29)12-25)31-24(36)22(34)20-15(4)21(32-14(3)7-9-18(20)32)23(35)30-16-8-6-13(2)17(27)10-16/h6,8,10,14H,5,7,9,11-12H2,1-4H3,(H,30,35)(H,31,36)/t14-/m0/s1. The van der Waals surface area contributed by atoms with Crippen LogP contribution in [-0.4, -0.2) is 39.4 Å². The number of aryl methyl sites for hydroxylation is 1. The molecule has 2 amide bonds. The maximum Gasteiger partial charge on any atom is 0.293 e. The van der Waals surface area contributed by atoms with Crippen LogP contribution in [-0.2, 0) is 16.0 Å². The number of carbonyl (C=O) groups is 4. The van der Waals surface area contributed by atoms with Gasteiger partial charge < -0.3 is 15.2 Å². The average molecular weight is 520 g/mol. The SMILES string of the molecule is CCC(=O)C1(NC(=O)C(=O)c2c(C)c(C(=O)Nc3ccc(C)c(Cl)c3)n3c2CC[C@@H]3C)CC(F)(F)C1. The van der Waals surface area contributed by atoms with Crippen LogP contribution in [0.25, 0.3) is 0 Å². The number of aromatic nitrogens is 1. The van der Waals surface area contributed by atoms with E-state index < -0.39 is 47.7 Å². The summed E-state index contributed by atoms with van der Waals surface area (Å²) in [6.45, 7) is 6.85. The van der Waals surface area contributed by atoms with Crippen molar-refractivity contribution in [3.63, 3.8) is 0 Å². The maximum atomic E-state index is 13.7. The van der Waals surface area contributed by atoms with Crippen LogP contribution in [0.4, 0.5) is 14.5 Å². The smallest absolute Gasteiger partial charge is 0.293 e. The third-order valence-electron chi connectivity index (χ3n) is 7.20. The van der Waals surface area contributed by atoms with Gasteiger partial charge in [-0.05, 0) is 56.9 Å². The zero-order chi connectivity index (χ0) is 26.6. The first-order valence-electron chi connectivity index (χ1n) is 11.9. The Labute approximate surface area is 212 Å². The third kappa shape index (κ3) is 4.34. The van der Waals surface area contributed by atoms with E-state index in [2.05, 4.69) is 10.6 Å². The second kappa shape index (κ2) is 9.10. The van der Waals surface area contributed by atoms with Gasteiger partial charge >= 0.3 is 0 Å². The first-order valence-corrected chi connectivity index (χ1v) is 12.3. The summed E-state index contributed by atoms with van der Waals surface area (Å²) >= 11 is 6.18. The van der Waals surface area contributed by atoms with Crippen molar-refractivity contribution in [1.82, 2.24) is 9.88 Å². The minimum Gasteiger partial charge on any atom is -0.337 e. The number of rotatable bonds is 7.